The fourth-order valence-corrected chi connectivity index (χ4v) is 7.38. The summed E-state index contributed by atoms with van der Waals surface area (Å²) in [5.41, 5.74) is 8.89. The minimum Gasteiger partial charge on any atom is -0.478 e. The van der Waals surface area contributed by atoms with Crippen LogP contribution in [0.3, 0.4) is 0 Å². The number of hydrogen-bond acceptors (Lipinski definition) is 8. The Morgan fingerprint density at radius 1 is 0.918 bits per heavy atom. The van der Waals surface area contributed by atoms with Crippen molar-refractivity contribution >= 4 is 52.4 Å². The highest BCUT2D eigenvalue weighted by molar-refractivity contribution is 6.31. The van der Waals surface area contributed by atoms with Crippen molar-refractivity contribution in [3.05, 3.63) is 100 Å². The maximum Gasteiger partial charge on any atom is 0.335 e. The highest BCUT2D eigenvalue weighted by Crippen LogP contribution is 2.39. The number of nitrogens with zero attached hydrogens (tertiary/aromatic N) is 4. The summed E-state index contributed by atoms with van der Waals surface area (Å²) >= 11 is 5.98. The Kier molecular flexibility index (Phi) is 8.86. The molecule has 0 aromatic heterocycles. The number of carboxylic acids is 1. The van der Waals surface area contributed by atoms with Gasteiger partial charge in [-0.15, -0.1) is 5.53 Å². The summed E-state index contributed by atoms with van der Waals surface area (Å²) in [6.45, 7) is 2.57. The maximum absolute atomic E-state index is 14.8. The Morgan fingerprint density at radius 2 is 1.65 bits per heavy atom. The average molecular weight is 688 g/mol. The van der Waals surface area contributed by atoms with Gasteiger partial charge >= 0.3 is 5.97 Å². The summed E-state index contributed by atoms with van der Waals surface area (Å²) in [5, 5.41) is 13.4. The van der Waals surface area contributed by atoms with Crippen molar-refractivity contribution in [2.75, 3.05) is 41.4 Å². The topological polar surface area (TPSA) is 138 Å². The predicted octanol–water partition coefficient (Wildman–Crippen LogP) is 4.20. The Bertz CT molecular complexity index is 1850. The van der Waals surface area contributed by atoms with E-state index >= 15 is 0 Å². The number of rotatable bonds is 7. The third kappa shape index (κ3) is 6.27. The first-order chi connectivity index (χ1) is 23.7. The number of nitrogens with one attached hydrogen (secondary N) is 3. The maximum atomic E-state index is 14.8. The number of fused-ring (bicyclic) bond motifs is 1. The van der Waals surface area contributed by atoms with Crippen LogP contribution in [0.15, 0.2) is 72.6 Å². The predicted molar refractivity (Wildman–Crippen MR) is 181 cm³/mol. The Balaban J connectivity index is 1.18. The fraction of sp³-hybridized carbons (Fsp3) is 0.314. The van der Waals surface area contributed by atoms with Crippen molar-refractivity contribution < 1.29 is 28.7 Å². The number of hydrazine groups is 2. The Labute approximate surface area is 287 Å². The van der Waals surface area contributed by atoms with Crippen molar-refractivity contribution in [1.29, 1.82) is 0 Å². The van der Waals surface area contributed by atoms with Gasteiger partial charge < -0.3 is 25.1 Å². The number of halogens is 2. The molecule has 49 heavy (non-hydrogen) atoms. The lowest BCUT2D eigenvalue weighted by molar-refractivity contribution is -0.136. The van der Waals surface area contributed by atoms with Gasteiger partial charge in [-0.25, -0.2) is 9.18 Å². The monoisotopic (exact) mass is 687 g/mol. The number of carbonyl (C=O) groups is 4. The zero-order valence-electron chi connectivity index (χ0n) is 26.5. The van der Waals surface area contributed by atoms with Gasteiger partial charge in [0.1, 0.15) is 11.7 Å². The van der Waals surface area contributed by atoms with Crippen LogP contribution in [0.5, 0.6) is 0 Å². The van der Waals surface area contributed by atoms with E-state index in [0.29, 0.717) is 24.1 Å². The zero-order valence-corrected chi connectivity index (χ0v) is 27.3. The number of benzene rings is 3. The molecule has 0 saturated carbocycles. The molecule has 0 radical (unpaired) electrons. The van der Waals surface area contributed by atoms with Crippen LogP contribution >= 0.6 is 11.6 Å². The number of piperidine rings is 1. The molecule has 1 unspecified atom stereocenters. The highest BCUT2D eigenvalue weighted by atomic mass is 35.5. The molecule has 1 atom stereocenters. The molecule has 12 nitrogen and oxygen atoms in total. The first kappa shape index (κ1) is 32.4. The molecule has 254 valence electrons. The summed E-state index contributed by atoms with van der Waals surface area (Å²) in [7, 11) is 0. The molecule has 4 aliphatic heterocycles. The lowest BCUT2D eigenvalue weighted by Crippen LogP contribution is -2.49. The largest absolute Gasteiger partial charge is 0.478 e. The van der Waals surface area contributed by atoms with E-state index in [1.54, 1.807) is 6.07 Å². The number of carbonyl (C=O) groups excluding carboxylic acids is 3. The van der Waals surface area contributed by atoms with Crippen molar-refractivity contribution in [2.24, 2.45) is 0 Å². The average Bonchev–Trinajstić information content (AvgIpc) is 3.78. The lowest BCUT2D eigenvalue weighted by Gasteiger charge is -2.41. The molecular weight excluding hydrogens is 653 g/mol. The molecule has 7 rings (SSSR count). The van der Waals surface area contributed by atoms with Crippen LogP contribution in [0.2, 0.25) is 5.02 Å². The van der Waals surface area contributed by atoms with Crippen LogP contribution in [0.4, 0.5) is 21.5 Å². The second-order valence-corrected chi connectivity index (χ2v) is 12.9. The van der Waals surface area contributed by atoms with Gasteiger partial charge in [0, 0.05) is 50.0 Å². The van der Waals surface area contributed by atoms with E-state index in [1.807, 2.05) is 23.1 Å². The Hall–Kier alpha value is -5.14. The standard InChI is InChI=1S/C35H35ClFN7O5/c36-26-5-2-7-29(31(26)37)44-20-27(39-40-44)34(47)43-19-15-24-25(32(43)33(46)38-22-11-9-21(10-12-22)35(48)49)4-1-6-28(24)41-17-13-23(14-18-41)42-16-3-8-30(42)45/h1-2,4-7,9-12,20,23,32,39-40H,3,8,13-19H2,(H,38,46)(H,48,49). The first-order valence-electron chi connectivity index (χ1n) is 16.3. The molecule has 0 aliphatic carbocycles. The summed E-state index contributed by atoms with van der Waals surface area (Å²) in [4.78, 5) is 57.8. The van der Waals surface area contributed by atoms with E-state index in [1.165, 1.54) is 52.5 Å². The number of anilines is 3. The van der Waals surface area contributed by atoms with Crippen LogP contribution in [0.25, 0.3) is 0 Å². The van der Waals surface area contributed by atoms with E-state index < -0.39 is 29.6 Å². The molecule has 3 aromatic rings. The second kappa shape index (κ2) is 13.4. The van der Waals surface area contributed by atoms with E-state index in [-0.39, 0.29) is 40.5 Å². The van der Waals surface area contributed by atoms with Crippen LogP contribution in [-0.4, -0.2) is 70.8 Å². The number of amides is 3. The molecule has 14 heteroatoms. The molecule has 4 N–H and O–H groups in total. The first-order valence-corrected chi connectivity index (χ1v) is 16.7. The van der Waals surface area contributed by atoms with Crippen LogP contribution < -0.4 is 26.2 Å². The minimum absolute atomic E-state index is 0.0715. The van der Waals surface area contributed by atoms with Gasteiger partial charge in [0.25, 0.3) is 11.8 Å². The van der Waals surface area contributed by atoms with Gasteiger partial charge in [-0.1, -0.05) is 29.8 Å². The lowest BCUT2D eigenvalue weighted by atomic mass is 9.89. The van der Waals surface area contributed by atoms with Crippen molar-refractivity contribution in [2.45, 2.75) is 44.2 Å². The summed E-state index contributed by atoms with van der Waals surface area (Å²) < 4.78 is 14.8. The molecule has 2 fully saturated rings. The minimum atomic E-state index is -1.09. The normalized spacial score (nSPS) is 19.4. The van der Waals surface area contributed by atoms with Crippen molar-refractivity contribution in [1.82, 2.24) is 20.8 Å². The second-order valence-electron chi connectivity index (χ2n) is 12.5. The van der Waals surface area contributed by atoms with Gasteiger partial charge in [-0.2, -0.15) is 0 Å². The molecular formula is C35H35ClFN7O5. The summed E-state index contributed by atoms with van der Waals surface area (Å²) in [6, 6.07) is 15.3. The smallest absolute Gasteiger partial charge is 0.335 e. The SMILES string of the molecule is O=C(O)c1ccc(NC(=O)C2c3cccc(N4CCC(N5CCCC5=O)CC4)c3CCN2C(=O)C2=CN(c3cccc(Cl)c3F)NN2)cc1. The molecule has 3 aromatic carbocycles. The molecule has 3 amide bonds. The van der Waals surface area contributed by atoms with Crippen LogP contribution in [0.1, 0.15) is 53.2 Å². The summed E-state index contributed by atoms with van der Waals surface area (Å²) in [6.07, 6.45) is 5.14. The zero-order chi connectivity index (χ0) is 34.2. The van der Waals surface area contributed by atoms with Gasteiger partial charge in [0.2, 0.25) is 5.91 Å². The molecule has 2 saturated heterocycles. The van der Waals surface area contributed by atoms with Crippen LogP contribution in [-0.2, 0) is 20.8 Å². The quantitative estimate of drug-likeness (QED) is 0.288. The van der Waals surface area contributed by atoms with E-state index in [0.717, 1.165) is 50.1 Å². The van der Waals surface area contributed by atoms with E-state index in [9.17, 15) is 28.7 Å². The van der Waals surface area contributed by atoms with Crippen molar-refractivity contribution in [3.8, 4) is 0 Å². The number of carboxylic acid groups (broad SMARTS) is 1. The fourth-order valence-electron chi connectivity index (χ4n) is 7.21. The van der Waals surface area contributed by atoms with E-state index in [4.69, 9.17) is 11.6 Å². The van der Waals surface area contributed by atoms with Crippen molar-refractivity contribution in [3.63, 3.8) is 0 Å². The van der Waals surface area contributed by atoms with Gasteiger partial charge in [-0.3, -0.25) is 24.8 Å². The molecule has 0 bridgehead atoms. The highest BCUT2D eigenvalue weighted by Gasteiger charge is 2.40. The summed E-state index contributed by atoms with van der Waals surface area (Å²) in [5.74, 6) is -2.46. The number of aromatic carboxylic acids is 1. The molecule has 4 heterocycles. The Morgan fingerprint density at radius 3 is 2.37 bits per heavy atom. The third-order valence-electron chi connectivity index (χ3n) is 9.65. The van der Waals surface area contributed by atoms with Gasteiger partial charge in [0.05, 0.1) is 22.5 Å². The third-order valence-corrected chi connectivity index (χ3v) is 9.94. The number of likely N-dealkylation sites (tertiary alicyclic amines) is 1. The van der Waals surface area contributed by atoms with Gasteiger partial charge in [0.15, 0.2) is 5.82 Å². The van der Waals surface area contributed by atoms with Gasteiger partial charge in [-0.05, 0) is 79.3 Å². The van der Waals surface area contributed by atoms with Crippen LogP contribution in [0, 0.1) is 5.82 Å². The number of hydrogen-bond donors (Lipinski definition) is 4. The van der Waals surface area contributed by atoms with E-state index in [2.05, 4.69) is 21.2 Å². The molecule has 0 spiro atoms. The molecule has 4 aliphatic rings.